The first-order valence-corrected chi connectivity index (χ1v) is 10.9. The van der Waals surface area contributed by atoms with Crippen molar-refractivity contribution in [3.8, 4) is 22.3 Å². The van der Waals surface area contributed by atoms with Gasteiger partial charge in [0.15, 0.2) is 12.4 Å². The number of hydrogen-bond donors (Lipinski definition) is 1. The minimum absolute atomic E-state index is 0.101. The number of fused-ring (bicyclic) bond motifs is 1. The second kappa shape index (κ2) is 8.32. The number of para-hydroxylation sites is 1. The number of nitrogens with zero attached hydrogens (tertiary/aromatic N) is 3. The molecule has 0 aliphatic rings. The van der Waals surface area contributed by atoms with Gasteiger partial charge in [-0.2, -0.15) is 9.78 Å². The van der Waals surface area contributed by atoms with Gasteiger partial charge in [0.05, 0.1) is 5.69 Å². The van der Waals surface area contributed by atoms with Gasteiger partial charge in [-0.25, -0.2) is 4.98 Å². The third kappa shape index (κ3) is 4.13. The maximum atomic E-state index is 12.5. The van der Waals surface area contributed by atoms with E-state index in [1.165, 1.54) is 11.3 Å². The van der Waals surface area contributed by atoms with Gasteiger partial charge in [0.1, 0.15) is 22.8 Å². The van der Waals surface area contributed by atoms with Crippen LogP contribution >= 0.6 is 11.3 Å². The third-order valence-corrected chi connectivity index (χ3v) is 5.63. The fourth-order valence-corrected chi connectivity index (χ4v) is 4.13. The Balaban J connectivity index is 1.34. The van der Waals surface area contributed by atoms with Gasteiger partial charge in [-0.15, -0.1) is 11.3 Å². The van der Waals surface area contributed by atoms with Crippen LogP contribution in [-0.2, 0) is 4.79 Å². The number of anilines is 1. The molecule has 0 fully saturated rings. The lowest BCUT2D eigenvalue weighted by Gasteiger charge is -2.08. The van der Waals surface area contributed by atoms with Crippen LogP contribution in [0.5, 0.6) is 5.75 Å². The van der Waals surface area contributed by atoms with E-state index in [1.54, 1.807) is 10.7 Å². The molecule has 5 aromatic rings. The quantitative estimate of drug-likeness (QED) is 0.380. The summed E-state index contributed by atoms with van der Waals surface area (Å²) in [5.74, 6) is 1.60. The van der Waals surface area contributed by atoms with Crippen molar-refractivity contribution in [2.75, 3.05) is 11.9 Å². The maximum Gasteiger partial charge on any atom is 0.263 e. The SMILES string of the molecule is Cc1cccc(OCC(=O)Nc2cc(C)nn2-c2nc(-c3cc4ccccc4o3)cs2)c1. The van der Waals surface area contributed by atoms with Crippen LogP contribution in [0.3, 0.4) is 0 Å². The van der Waals surface area contributed by atoms with Crippen molar-refractivity contribution in [3.05, 3.63) is 77.3 Å². The zero-order chi connectivity index (χ0) is 22.1. The molecule has 5 rings (SSSR count). The highest BCUT2D eigenvalue weighted by Gasteiger charge is 2.16. The zero-order valence-corrected chi connectivity index (χ0v) is 18.3. The lowest BCUT2D eigenvalue weighted by molar-refractivity contribution is -0.118. The molecule has 8 heteroatoms. The van der Waals surface area contributed by atoms with Crippen LogP contribution in [0.2, 0.25) is 0 Å². The van der Waals surface area contributed by atoms with Crippen molar-refractivity contribution in [3.63, 3.8) is 0 Å². The molecule has 0 spiro atoms. The highest BCUT2D eigenvalue weighted by Crippen LogP contribution is 2.30. The van der Waals surface area contributed by atoms with Crippen molar-refractivity contribution in [1.29, 1.82) is 0 Å². The molecule has 160 valence electrons. The van der Waals surface area contributed by atoms with Crippen molar-refractivity contribution in [2.45, 2.75) is 13.8 Å². The van der Waals surface area contributed by atoms with Gasteiger partial charge in [-0.3, -0.25) is 4.79 Å². The molecule has 0 atom stereocenters. The number of amides is 1. The van der Waals surface area contributed by atoms with E-state index >= 15 is 0 Å². The topological polar surface area (TPSA) is 82.2 Å². The van der Waals surface area contributed by atoms with Crippen LogP contribution in [0.25, 0.3) is 27.6 Å². The highest BCUT2D eigenvalue weighted by molar-refractivity contribution is 7.12. The Morgan fingerprint density at radius 1 is 1.12 bits per heavy atom. The summed E-state index contributed by atoms with van der Waals surface area (Å²) in [6, 6.07) is 19.2. The van der Waals surface area contributed by atoms with E-state index in [4.69, 9.17) is 9.15 Å². The minimum atomic E-state index is -0.276. The number of carbonyl (C=O) groups is 1. The Labute approximate surface area is 188 Å². The number of furan rings is 1. The fraction of sp³-hybridized carbons (Fsp3) is 0.125. The van der Waals surface area contributed by atoms with E-state index in [-0.39, 0.29) is 12.5 Å². The van der Waals surface area contributed by atoms with E-state index in [0.717, 1.165) is 27.9 Å². The summed E-state index contributed by atoms with van der Waals surface area (Å²) in [6.45, 7) is 3.74. The van der Waals surface area contributed by atoms with Crippen LogP contribution in [0.4, 0.5) is 5.82 Å². The number of thiazole rings is 1. The van der Waals surface area contributed by atoms with Crippen LogP contribution in [0, 0.1) is 13.8 Å². The summed E-state index contributed by atoms with van der Waals surface area (Å²) in [7, 11) is 0. The van der Waals surface area contributed by atoms with Gasteiger partial charge in [0, 0.05) is 16.8 Å². The predicted molar refractivity (Wildman–Crippen MR) is 124 cm³/mol. The largest absolute Gasteiger partial charge is 0.484 e. The Bertz CT molecular complexity index is 1380. The first-order valence-electron chi connectivity index (χ1n) is 10.1. The molecule has 0 aliphatic carbocycles. The smallest absolute Gasteiger partial charge is 0.263 e. The molecule has 1 N–H and O–H groups in total. The lowest BCUT2D eigenvalue weighted by atomic mass is 10.2. The second-order valence-electron chi connectivity index (χ2n) is 7.40. The van der Waals surface area contributed by atoms with E-state index < -0.39 is 0 Å². The predicted octanol–water partition coefficient (Wildman–Crippen LogP) is 5.38. The van der Waals surface area contributed by atoms with E-state index in [0.29, 0.717) is 22.5 Å². The number of benzene rings is 2. The van der Waals surface area contributed by atoms with E-state index in [9.17, 15) is 4.79 Å². The van der Waals surface area contributed by atoms with Gasteiger partial charge in [0.2, 0.25) is 5.13 Å². The number of nitrogens with one attached hydrogen (secondary N) is 1. The summed E-state index contributed by atoms with van der Waals surface area (Å²) in [5, 5.41) is 10.9. The normalized spacial score (nSPS) is 11.1. The molecule has 3 heterocycles. The van der Waals surface area contributed by atoms with E-state index in [1.807, 2.05) is 73.8 Å². The highest BCUT2D eigenvalue weighted by atomic mass is 32.1. The van der Waals surface area contributed by atoms with E-state index in [2.05, 4.69) is 15.4 Å². The number of aryl methyl sites for hydroxylation is 2. The molecule has 2 aromatic carbocycles. The number of hydrogen-bond acceptors (Lipinski definition) is 6. The average Bonchev–Trinajstić information content (AvgIpc) is 3.50. The van der Waals surface area contributed by atoms with Crippen molar-refractivity contribution in [1.82, 2.24) is 14.8 Å². The Morgan fingerprint density at radius 3 is 2.84 bits per heavy atom. The molecule has 0 unspecified atom stereocenters. The summed E-state index contributed by atoms with van der Waals surface area (Å²) in [4.78, 5) is 17.2. The van der Waals surface area contributed by atoms with Crippen LogP contribution in [0.1, 0.15) is 11.3 Å². The zero-order valence-electron chi connectivity index (χ0n) is 17.5. The van der Waals surface area contributed by atoms with Crippen molar-refractivity contribution < 1.29 is 13.9 Å². The summed E-state index contributed by atoms with van der Waals surface area (Å²) >= 11 is 1.42. The average molecular weight is 445 g/mol. The molecular weight excluding hydrogens is 424 g/mol. The monoisotopic (exact) mass is 444 g/mol. The van der Waals surface area contributed by atoms with Gasteiger partial charge in [0.25, 0.3) is 5.91 Å². The van der Waals surface area contributed by atoms with Crippen LogP contribution in [-0.4, -0.2) is 27.3 Å². The van der Waals surface area contributed by atoms with Crippen molar-refractivity contribution in [2.24, 2.45) is 0 Å². The number of carbonyl (C=O) groups excluding carboxylic acids is 1. The molecule has 0 aliphatic heterocycles. The molecule has 32 heavy (non-hydrogen) atoms. The molecule has 0 bridgehead atoms. The Kier molecular flexibility index (Phi) is 5.20. The summed E-state index contributed by atoms with van der Waals surface area (Å²) in [6.07, 6.45) is 0. The summed E-state index contributed by atoms with van der Waals surface area (Å²) in [5.41, 5.74) is 3.36. The lowest BCUT2D eigenvalue weighted by Crippen LogP contribution is -2.21. The van der Waals surface area contributed by atoms with Gasteiger partial charge in [-0.1, -0.05) is 30.3 Å². The molecular formula is C24H20N4O3S. The molecule has 0 saturated carbocycles. The van der Waals surface area contributed by atoms with Crippen LogP contribution < -0.4 is 10.1 Å². The maximum absolute atomic E-state index is 12.5. The number of aromatic nitrogens is 3. The first-order chi connectivity index (χ1) is 15.5. The molecule has 0 radical (unpaired) electrons. The molecule has 7 nitrogen and oxygen atoms in total. The standard InChI is InChI=1S/C24H20N4O3S/c1-15-6-5-8-18(10-15)30-13-23(29)26-22-11-16(2)27-28(22)24-25-19(14-32-24)21-12-17-7-3-4-9-20(17)31-21/h3-12,14H,13H2,1-2H3,(H,26,29). The van der Waals surface area contributed by atoms with Crippen molar-refractivity contribution >= 4 is 34.0 Å². The molecule has 3 aromatic heterocycles. The molecule has 1 amide bonds. The van der Waals surface area contributed by atoms with Gasteiger partial charge in [-0.05, 0) is 43.7 Å². The van der Waals surface area contributed by atoms with Gasteiger partial charge < -0.3 is 14.5 Å². The number of ether oxygens (including phenoxy) is 1. The molecule has 0 saturated heterocycles. The van der Waals surface area contributed by atoms with Gasteiger partial charge >= 0.3 is 0 Å². The summed E-state index contributed by atoms with van der Waals surface area (Å²) < 4.78 is 13.1. The first kappa shape index (κ1) is 20.0. The van der Waals surface area contributed by atoms with Crippen LogP contribution in [0.15, 0.2) is 70.5 Å². The second-order valence-corrected chi connectivity index (χ2v) is 8.24. The minimum Gasteiger partial charge on any atom is -0.484 e. The Morgan fingerprint density at radius 2 is 2.00 bits per heavy atom. The third-order valence-electron chi connectivity index (χ3n) is 4.81. The fourth-order valence-electron chi connectivity index (χ4n) is 3.35. The Hall–Kier alpha value is -3.91. The number of rotatable bonds is 6.